The second-order valence-electron chi connectivity index (χ2n) is 6.39. The summed E-state index contributed by atoms with van der Waals surface area (Å²) in [5.41, 5.74) is 4.43. The van der Waals surface area contributed by atoms with Gasteiger partial charge in [-0.2, -0.15) is 0 Å². The molecule has 0 aliphatic carbocycles. The number of nitrogens with one attached hydrogen (secondary N) is 1. The average molecular weight is 377 g/mol. The minimum Gasteiger partial charge on any atom is -0.379 e. The van der Waals surface area contributed by atoms with Crippen molar-refractivity contribution in [2.24, 2.45) is 0 Å². The summed E-state index contributed by atoms with van der Waals surface area (Å²) in [6, 6.07) is 15.3. The van der Waals surface area contributed by atoms with Gasteiger partial charge in [-0.25, -0.2) is 8.78 Å². The first kappa shape index (κ1) is 17.9. The Kier molecular flexibility index (Phi) is 4.85. The lowest BCUT2D eigenvalue weighted by Crippen LogP contribution is -2.04. The van der Waals surface area contributed by atoms with Crippen molar-refractivity contribution >= 4 is 5.69 Å². The molecule has 0 aliphatic rings. The Labute approximate surface area is 160 Å². The van der Waals surface area contributed by atoms with Crippen molar-refractivity contribution in [3.05, 3.63) is 89.8 Å². The molecule has 4 aromatic rings. The molecule has 0 aliphatic heterocycles. The summed E-state index contributed by atoms with van der Waals surface area (Å²) in [6.07, 6.45) is 3.25. The van der Waals surface area contributed by atoms with Crippen LogP contribution in [0.3, 0.4) is 0 Å². The van der Waals surface area contributed by atoms with E-state index in [4.69, 9.17) is 4.52 Å². The van der Waals surface area contributed by atoms with Crippen molar-refractivity contribution in [1.29, 1.82) is 0 Å². The molecular formula is C22H17F2N3O. The molecule has 2 heterocycles. The number of hydrogen-bond donors (Lipinski definition) is 1. The predicted molar refractivity (Wildman–Crippen MR) is 104 cm³/mol. The first-order chi connectivity index (χ1) is 13.6. The van der Waals surface area contributed by atoms with Gasteiger partial charge in [-0.1, -0.05) is 23.4 Å². The van der Waals surface area contributed by atoms with E-state index in [1.54, 1.807) is 18.5 Å². The van der Waals surface area contributed by atoms with Crippen LogP contribution < -0.4 is 5.32 Å². The van der Waals surface area contributed by atoms with Gasteiger partial charge in [0.1, 0.15) is 11.6 Å². The fourth-order valence-electron chi connectivity index (χ4n) is 2.97. The highest BCUT2D eigenvalue weighted by Crippen LogP contribution is 2.28. The quantitative estimate of drug-likeness (QED) is 0.492. The second kappa shape index (κ2) is 7.60. The van der Waals surface area contributed by atoms with E-state index in [1.807, 2.05) is 37.3 Å². The molecule has 140 valence electrons. The Morgan fingerprint density at radius 1 is 1.00 bits per heavy atom. The average Bonchev–Trinajstić information content (AvgIpc) is 3.23. The van der Waals surface area contributed by atoms with Gasteiger partial charge in [0.2, 0.25) is 0 Å². The number of benzene rings is 2. The number of pyridine rings is 1. The highest BCUT2D eigenvalue weighted by Gasteiger charge is 2.10. The highest BCUT2D eigenvalue weighted by molar-refractivity contribution is 5.72. The molecule has 1 N–H and O–H groups in total. The van der Waals surface area contributed by atoms with Gasteiger partial charge in [-0.15, -0.1) is 0 Å². The predicted octanol–water partition coefficient (Wildman–Crippen LogP) is 5.60. The van der Waals surface area contributed by atoms with E-state index >= 15 is 0 Å². The first-order valence-corrected chi connectivity index (χ1v) is 8.77. The van der Waals surface area contributed by atoms with Crippen LogP contribution in [0.25, 0.3) is 22.6 Å². The molecule has 4 rings (SSSR count). The zero-order valence-corrected chi connectivity index (χ0v) is 15.1. The fraction of sp³-hybridized carbons (Fsp3) is 0.0909. The standard InChI is InChI=1S/C22H17F2N3O/c1-14-5-6-15(22-9-10-27-28-22)11-17(14)21-8-7-16(12-26-21)25-13-18-19(23)3-2-4-20(18)24/h2-12,25H,13H2,1H3. The zero-order valence-electron chi connectivity index (χ0n) is 15.1. The third-order valence-electron chi connectivity index (χ3n) is 4.53. The van der Waals surface area contributed by atoms with Crippen LogP contribution >= 0.6 is 0 Å². The van der Waals surface area contributed by atoms with Gasteiger partial charge >= 0.3 is 0 Å². The molecule has 4 nitrogen and oxygen atoms in total. The second-order valence-corrected chi connectivity index (χ2v) is 6.39. The SMILES string of the molecule is Cc1ccc(-c2ccno2)cc1-c1ccc(NCc2c(F)cccc2F)cn1. The largest absolute Gasteiger partial charge is 0.379 e. The molecule has 0 fully saturated rings. The molecule has 6 heteroatoms. The Bertz CT molecular complexity index is 1070. The minimum absolute atomic E-state index is 0.00202. The summed E-state index contributed by atoms with van der Waals surface area (Å²) in [6.45, 7) is 2.05. The number of aromatic nitrogens is 2. The maximum absolute atomic E-state index is 13.7. The van der Waals surface area contributed by atoms with Gasteiger partial charge in [-0.3, -0.25) is 4.98 Å². The Balaban J connectivity index is 1.54. The Hall–Kier alpha value is -3.54. The van der Waals surface area contributed by atoms with Crippen molar-refractivity contribution in [3.8, 4) is 22.6 Å². The molecule has 0 saturated heterocycles. The molecule has 0 atom stereocenters. The molecule has 0 amide bonds. The summed E-state index contributed by atoms with van der Waals surface area (Å²) < 4.78 is 32.7. The third-order valence-corrected chi connectivity index (χ3v) is 4.53. The van der Waals surface area contributed by atoms with Crippen molar-refractivity contribution in [2.75, 3.05) is 5.32 Å². The summed E-state index contributed by atoms with van der Waals surface area (Å²) in [5.74, 6) is -0.458. The van der Waals surface area contributed by atoms with Crippen LogP contribution in [0.4, 0.5) is 14.5 Å². The summed E-state index contributed by atoms with van der Waals surface area (Å²) >= 11 is 0. The number of rotatable bonds is 5. The molecule has 0 spiro atoms. The molecule has 2 aromatic heterocycles. The third kappa shape index (κ3) is 3.62. The maximum atomic E-state index is 13.7. The van der Waals surface area contributed by atoms with Crippen LogP contribution in [-0.2, 0) is 6.54 Å². The number of halogens is 2. The van der Waals surface area contributed by atoms with Crippen molar-refractivity contribution in [2.45, 2.75) is 13.5 Å². The van der Waals surface area contributed by atoms with Crippen LogP contribution in [0.15, 0.2) is 71.5 Å². The van der Waals surface area contributed by atoms with Gasteiger partial charge in [0, 0.05) is 29.3 Å². The van der Waals surface area contributed by atoms with Crippen molar-refractivity contribution in [3.63, 3.8) is 0 Å². The highest BCUT2D eigenvalue weighted by atomic mass is 19.1. The van der Waals surface area contributed by atoms with Gasteiger partial charge in [0.25, 0.3) is 0 Å². The van der Waals surface area contributed by atoms with Gasteiger partial charge in [0.15, 0.2) is 5.76 Å². The lowest BCUT2D eigenvalue weighted by molar-refractivity contribution is 0.432. The van der Waals surface area contributed by atoms with Crippen LogP contribution in [0.5, 0.6) is 0 Å². The maximum Gasteiger partial charge on any atom is 0.166 e. The topological polar surface area (TPSA) is 51.0 Å². The van der Waals surface area contributed by atoms with E-state index in [1.165, 1.54) is 18.2 Å². The van der Waals surface area contributed by atoms with E-state index in [2.05, 4.69) is 15.5 Å². The van der Waals surface area contributed by atoms with Gasteiger partial charge < -0.3 is 9.84 Å². The summed E-state index contributed by atoms with van der Waals surface area (Å²) in [7, 11) is 0. The number of hydrogen-bond acceptors (Lipinski definition) is 4. The molecule has 0 radical (unpaired) electrons. The van der Waals surface area contributed by atoms with E-state index < -0.39 is 11.6 Å². The molecule has 0 bridgehead atoms. The van der Waals surface area contributed by atoms with E-state index in [9.17, 15) is 8.78 Å². The Morgan fingerprint density at radius 3 is 2.50 bits per heavy atom. The summed E-state index contributed by atoms with van der Waals surface area (Å²) in [5, 5.41) is 6.74. The number of aryl methyl sites for hydroxylation is 1. The number of anilines is 1. The van der Waals surface area contributed by atoms with E-state index in [0.717, 1.165) is 22.4 Å². The van der Waals surface area contributed by atoms with Crippen molar-refractivity contribution in [1.82, 2.24) is 10.1 Å². The normalized spacial score (nSPS) is 10.8. The molecule has 2 aromatic carbocycles. The summed E-state index contributed by atoms with van der Waals surface area (Å²) in [4.78, 5) is 4.49. The lowest BCUT2D eigenvalue weighted by atomic mass is 10.0. The van der Waals surface area contributed by atoms with Gasteiger partial charge in [0.05, 0.1) is 23.8 Å². The van der Waals surface area contributed by atoms with Gasteiger partial charge in [-0.05, 0) is 42.8 Å². The van der Waals surface area contributed by atoms with E-state index in [0.29, 0.717) is 11.4 Å². The smallest absolute Gasteiger partial charge is 0.166 e. The lowest BCUT2D eigenvalue weighted by Gasteiger charge is -2.10. The van der Waals surface area contributed by atoms with Crippen LogP contribution in [0.1, 0.15) is 11.1 Å². The van der Waals surface area contributed by atoms with Crippen LogP contribution in [-0.4, -0.2) is 10.1 Å². The first-order valence-electron chi connectivity index (χ1n) is 8.77. The molecular weight excluding hydrogens is 360 g/mol. The van der Waals surface area contributed by atoms with Crippen LogP contribution in [0, 0.1) is 18.6 Å². The van der Waals surface area contributed by atoms with Crippen LogP contribution in [0.2, 0.25) is 0 Å². The zero-order chi connectivity index (χ0) is 19.5. The monoisotopic (exact) mass is 377 g/mol. The van der Waals surface area contributed by atoms with E-state index in [-0.39, 0.29) is 12.1 Å². The van der Waals surface area contributed by atoms with Crippen molar-refractivity contribution < 1.29 is 13.3 Å². The molecule has 0 saturated carbocycles. The molecule has 0 unspecified atom stereocenters. The Morgan fingerprint density at radius 2 is 1.82 bits per heavy atom. The molecule has 28 heavy (non-hydrogen) atoms. The minimum atomic E-state index is -0.572. The fourth-order valence-corrected chi connectivity index (χ4v) is 2.97. The number of nitrogens with zero attached hydrogens (tertiary/aromatic N) is 2.